The molecule has 135 heavy (non-hydrogen) atoms. The third kappa shape index (κ3) is 14.2. The Balaban J connectivity index is 0.968. The van der Waals surface area contributed by atoms with Crippen molar-refractivity contribution in [2.24, 2.45) is 0 Å². The van der Waals surface area contributed by atoms with E-state index in [1.807, 2.05) is 30.3 Å². The fourth-order valence-electron chi connectivity index (χ4n) is 21.5. The second-order valence-electron chi connectivity index (χ2n) is 46.6. The molecule has 0 spiro atoms. The Kier molecular flexibility index (Phi) is 17.5. The van der Waals surface area contributed by atoms with Gasteiger partial charge in [0.25, 0.3) is 0 Å². The Morgan fingerprint density at radius 2 is 0.593 bits per heavy atom. The van der Waals surface area contributed by atoms with Gasteiger partial charge in [0.05, 0.1) is 101 Å². The highest BCUT2D eigenvalue weighted by Gasteiger charge is 2.45. The monoisotopic (exact) mass is 1770 g/mol. The van der Waals surface area contributed by atoms with Gasteiger partial charge in [-0.2, -0.15) is 0 Å². The average molecular weight is 1770 g/mol. The Hall–Kier alpha value is -13.7. The van der Waals surface area contributed by atoms with Gasteiger partial charge in [0.15, 0.2) is 0 Å². The first kappa shape index (κ1) is 77.7. The molecule has 2 aliphatic rings. The summed E-state index contributed by atoms with van der Waals surface area (Å²) in [5.74, 6) is -0.478. The summed E-state index contributed by atoms with van der Waals surface area (Å²) in [6.45, 7) is 55.6. The van der Waals surface area contributed by atoms with Crippen LogP contribution in [0.15, 0.2) is 321 Å². The molecule has 22 rings (SSSR count). The van der Waals surface area contributed by atoms with Crippen LogP contribution in [0.5, 0.6) is 0 Å². The van der Waals surface area contributed by atoms with Crippen molar-refractivity contribution in [1.82, 2.24) is 18.3 Å². The first-order valence-electron chi connectivity index (χ1n) is 52.2. The number of nitrogens with zero attached hydrogens (tertiary/aromatic N) is 6. The van der Waals surface area contributed by atoms with Gasteiger partial charge in [-0.1, -0.05) is 360 Å². The zero-order valence-electron chi connectivity index (χ0n) is 90.7. The fourth-order valence-corrected chi connectivity index (χ4v) is 21.5. The lowest BCUT2D eigenvalue weighted by atomic mass is 9.74. The average Bonchev–Trinajstić information content (AvgIpc) is 1.64. The van der Waals surface area contributed by atoms with E-state index in [-0.39, 0.29) is 77.2 Å². The van der Waals surface area contributed by atoms with Crippen molar-refractivity contribution in [2.75, 3.05) is 9.80 Å². The van der Waals surface area contributed by atoms with E-state index < -0.39 is 42.2 Å². The van der Waals surface area contributed by atoms with Gasteiger partial charge < -0.3 is 28.1 Å². The largest absolute Gasteiger partial charge is 0.309 e. The molecule has 16 aromatic carbocycles. The zero-order chi connectivity index (χ0) is 101. The van der Waals surface area contributed by atoms with Crippen LogP contribution in [0.1, 0.15) is 244 Å². The van der Waals surface area contributed by atoms with E-state index in [1.54, 1.807) is 4.57 Å². The van der Waals surface area contributed by atoms with Crippen LogP contribution in [0.4, 0.5) is 34.1 Å². The van der Waals surface area contributed by atoms with Crippen LogP contribution in [-0.2, 0) is 43.3 Å². The number of anilines is 6. The summed E-state index contributed by atoms with van der Waals surface area (Å²) >= 11 is 0. The minimum Gasteiger partial charge on any atom is -0.309 e. The summed E-state index contributed by atoms with van der Waals surface area (Å²) in [5.41, 5.74) is 32.6. The van der Waals surface area contributed by atoms with Crippen LogP contribution in [0, 0.1) is 0 Å². The minimum absolute atomic E-state index is 0.00255. The Morgan fingerprint density at radius 3 is 1.06 bits per heavy atom. The number of aromatic nitrogens is 4. The van der Waals surface area contributed by atoms with Crippen LogP contribution in [0.3, 0.4) is 0 Å². The van der Waals surface area contributed by atoms with Crippen molar-refractivity contribution in [1.29, 1.82) is 0 Å². The number of fused-ring (bicyclic) bond motifs is 16. The first-order valence-corrected chi connectivity index (χ1v) is 48.2. The van der Waals surface area contributed by atoms with Crippen molar-refractivity contribution in [3.05, 3.63) is 383 Å². The van der Waals surface area contributed by atoms with Crippen molar-refractivity contribution in [3.63, 3.8) is 0 Å². The summed E-state index contributed by atoms with van der Waals surface area (Å²) in [6, 6.07) is 101. The topological polar surface area (TPSA) is 26.2 Å². The number of para-hydroxylation sites is 5. The molecule has 672 valence electrons. The van der Waals surface area contributed by atoms with Gasteiger partial charge in [-0.25, -0.2) is 0 Å². The standard InChI is InChI=1S/C129H126N6/c1-122(2,3)82-52-49-79(50-53-82)100-74-89(129(22,23)24)73-99(78-37-27-25-28-38-78)119(100)135-114-75-91(130-107-61-54-83(123(4,5)6)69-101(107)102-70-84(124(7,8)9)55-62-108(102)130)58-60-98(114)117-97-59-51-80(81-65-87(127(16,17)18)68-88(66-81)128(19,20)21)67-113(97)134(115-76-92(77-116(135)118(115)117)131-109-63-56-85(125(10,11)12)71-103(109)104-72-86(126(13,14)15)57-64-110(104)131)112-48-36-44-96-95-43-35-47-111(120(95)132(121(96)112)90-39-29-26-30-40-90)133-105-45-33-31-41-93(105)94-42-32-34-46-106(94)133/h25-77,117H,1-24H3/i31D,32D,33D,34D,41D,42D,45D,46D. The van der Waals surface area contributed by atoms with Crippen LogP contribution in [0.25, 0.3) is 143 Å². The molecule has 0 radical (unpaired) electrons. The molecule has 2 aliphatic heterocycles. The van der Waals surface area contributed by atoms with E-state index in [9.17, 15) is 11.0 Å². The fraction of sp³-hybridized carbons (Fsp3) is 0.256. The smallest absolute Gasteiger partial charge is 0.0783 e. The normalized spacial score (nSPS) is 14.9. The molecule has 6 heteroatoms. The lowest BCUT2D eigenvalue weighted by Crippen LogP contribution is -2.30. The van der Waals surface area contributed by atoms with Crippen LogP contribution < -0.4 is 9.80 Å². The Labute approximate surface area is 809 Å². The first-order chi connectivity index (χ1) is 67.3. The maximum Gasteiger partial charge on any atom is 0.0783 e. The van der Waals surface area contributed by atoms with Gasteiger partial charge in [-0.3, -0.25) is 0 Å². The lowest BCUT2D eigenvalue weighted by Gasteiger charge is -2.46. The second kappa shape index (κ2) is 30.4. The van der Waals surface area contributed by atoms with Crippen molar-refractivity contribution >= 4 is 121 Å². The highest BCUT2D eigenvalue weighted by molar-refractivity contribution is 6.20. The van der Waals surface area contributed by atoms with E-state index in [0.717, 1.165) is 150 Å². The molecule has 0 saturated heterocycles. The van der Waals surface area contributed by atoms with E-state index in [4.69, 9.17) is 0 Å². The predicted octanol–water partition coefficient (Wildman–Crippen LogP) is 36.2. The minimum atomic E-state index is -0.505. The molecule has 1 atom stereocenters. The molecule has 0 bridgehead atoms. The Morgan fingerprint density at radius 1 is 0.215 bits per heavy atom. The van der Waals surface area contributed by atoms with Crippen LogP contribution in [-0.4, -0.2) is 18.3 Å². The highest BCUT2D eigenvalue weighted by Crippen LogP contribution is 2.65. The van der Waals surface area contributed by atoms with E-state index >= 15 is 0 Å². The summed E-state index contributed by atoms with van der Waals surface area (Å²) in [4.78, 5) is 5.30. The van der Waals surface area contributed by atoms with Gasteiger partial charge in [0.2, 0.25) is 0 Å². The van der Waals surface area contributed by atoms with Crippen LogP contribution in [0.2, 0.25) is 0 Å². The number of rotatable bonds is 9. The molecule has 0 aliphatic carbocycles. The maximum atomic E-state index is 10.1. The molecular weight excluding hydrogens is 1630 g/mol. The molecule has 0 N–H and O–H groups in total. The van der Waals surface area contributed by atoms with Crippen molar-refractivity contribution in [3.8, 4) is 56.1 Å². The summed E-state index contributed by atoms with van der Waals surface area (Å²) in [6.07, 6.45) is 0. The molecular formula is C129H126N6. The molecule has 0 fully saturated rings. The summed E-state index contributed by atoms with van der Waals surface area (Å²) in [5, 5.41) is 6.35. The summed E-state index contributed by atoms with van der Waals surface area (Å²) in [7, 11) is 0. The van der Waals surface area contributed by atoms with Gasteiger partial charge in [-0.05, 0) is 249 Å². The zero-order valence-corrected chi connectivity index (χ0v) is 82.7. The van der Waals surface area contributed by atoms with Gasteiger partial charge in [0.1, 0.15) is 0 Å². The van der Waals surface area contributed by atoms with Crippen molar-refractivity contribution in [2.45, 2.75) is 215 Å². The quantitative estimate of drug-likeness (QED) is 0.144. The maximum absolute atomic E-state index is 10.1. The number of hydrogen-bond donors (Lipinski definition) is 0. The third-order valence-corrected chi connectivity index (χ3v) is 29.2. The molecule has 20 aromatic rings. The van der Waals surface area contributed by atoms with E-state index in [1.165, 1.54) is 55.3 Å². The number of hydrogen-bond acceptors (Lipinski definition) is 2. The molecule has 4 aromatic heterocycles. The van der Waals surface area contributed by atoms with Gasteiger partial charge in [-0.15, -0.1) is 0 Å². The molecule has 6 nitrogen and oxygen atoms in total. The van der Waals surface area contributed by atoms with Crippen LogP contribution >= 0.6 is 0 Å². The van der Waals surface area contributed by atoms with Gasteiger partial charge >= 0.3 is 0 Å². The molecule has 1 unspecified atom stereocenters. The SMILES string of the molecule is [2H]c1c([2H])c([2H])c2c(c1[2H])c1c([2H])c([2H])c([2H])c([2H])c1n2-c1cccc2c3cccc(N4c5cc(-c6cc(C(C)(C)C)cc(C(C)(C)C)c6)ccc5C5c6ccc(-n7c8ccc(C(C)(C)C)cc8c8cc(C(C)(C)C)ccc87)cc6N(c6c(-c7ccccc7)cc(C(C)(C)C)cc6-c6ccc(C(C)(C)C)cc6)c6cc(-n7c8ccc(C(C)(C)C)cc8c8cc(C(C)(C)C)ccc87)cc4c65)c3n(-c3ccccc3)c12. The molecule has 0 amide bonds. The third-order valence-electron chi connectivity index (χ3n) is 29.2. The second-order valence-corrected chi connectivity index (χ2v) is 46.6. The molecule has 6 heterocycles. The Bertz CT molecular complexity index is 8550. The lowest BCUT2D eigenvalue weighted by molar-refractivity contribution is 0.569. The predicted molar refractivity (Wildman–Crippen MR) is 580 cm³/mol. The van der Waals surface area contributed by atoms with Crippen molar-refractivity contribution < 1.29 is 11.0 Å². The van der Waals surface area contributed by atoms with E-state index in [0.29, 0.717) is 11.2 Å². The van der Waals surface area contributed by atoms with Gasteiger partial charge in [0, 0.05) is 77.1 Å². The molecule has 0 saturated carbocycles. The summed E-state index contributed by atoms with van der Waals surface area (Å²) < 4.78 is 86.2. The number of benzene rings is 16. The van der Waals surface area contributed by atoms with E-state index in [2.05, 4.69) is 432 Å². The highest BCUT2D eigenvalue weighted by atomic mass is 15.2.